The number of likely N-dealkylation sites (N-methyl/N-ethyl adjacent to an activating group) is 1. The summed E-state index contributed by atoms with van der Waals surface area (Å²) >= 11 is 0. The predicted molar refractivity (Wildman–Crippen MR) is 99.5 cm³/mol. The minimum Gasteiger partial charge on any atom is -0.484 e. The Morgan fingerprint density at radius 2 is 1.80 bits per heavy atom. The number of hydrogen-bond donors (Lipinski definition) is 1. The van der Waals surface area contributed by atoms with Crippen LogP contribution in [0.25, 0.3) is 0 Å². The lowest BCUT2D eigenvalue weighted by molar-refractivity contribution is -0.130. The Hall–Kier alpha value is -2.30. The molecule has 0 bridgehead atoms. The second-order valence-electron chi connectivity index (χ2n) is 7.66. The number of nitrogens with zero attached hydrogens (tertiary/aromatic N) is 1. The van der Waals surface area contributed by atoms with Crippen LogP contribution in [0.3, 0.4) is 0 Å². The molecule has 0 aliphatic heterocycles. The molecule has 1 aromatic carbocycles. The van der Waals surface area contributed by atoms with E-state index in [9.17, 15) is 9.59 Å². The summed E-state index contributed by atoms with van der Waals surface area (Å²) < 4.78 is 5.43. The zero-order chi connectivity index (χ0) is 18.8. The van der Waals surface area contributed by atoms with E-state index in [1.807, 2.05) is 0 Å². The van der Waals surface area contributed by atoms with Gasteiger partial charge in [-0.3, -0.25) is 9.59 Å². The van der Waals surface area contributed by atoms with Crippen LogP contribution >= 0.6 is 0 Å². The molecule has 5 heteroatoms. The molecule has 0 saturated heterocycles. The SMILES string of the molecule is CC(C)=CC1C(C(=O)Nc2ccc(OCC(=O)N(C)C)cc2)C1(C)C. The van der Waals surface area contributed by atoms with Gasteiger partial charge in [0.05, 0.1) is 5.92 Å². The number of benzene rings is 1. The Morgan fingerprint density at radius 3 is 2.32 bits per heavy atom. The smallest absolute Gasteiger partial charge is 0.259 e. The van der Waals surface area contributed by atoms with Gasteiger partial charge >= 0.3 is 0 Å². The van der Waals surface area contributed by atoms with E-state index in [2.05, 4.69) is 39.1 Å². The number of ether oxygens (including phenoxy) is 1. The van der Waals surface area contributed by atoms with E-state index >= 15 is 0 Å². The largest absolute Gasteiger partial charge is 0.484 e. The molecule has 1 N–H and O–H groups in total. The fraction of sp³-hybridized carbons (Fsp3) is 0.500. The highest BCUT2D eigenvalue weighted by Gasteiger charge is 2.60. The number of carbonyl (C=O) groups excluding carboxylic acids is 2. The summed E-state index contributed by atoms with van der Waals surface area (Å²) in [7, 11) is 3.37. The van der Waals surface area contributed by atoms with Crippen LogP contribution in [0, 0.1) is 17.3 Å². The zero-order valence-electron chi connectivity index (χ0n) is 15.9. The molecular weight excluding hydrogens is 316 g/mol. The standard InChI is InChI=1S/C20H28N2O3/c1-13(2)11-16-18(20(16,3)4)19(24)21-14-7-9-15(10-8-14)25-12-17(23)22(5)6/h7-11,16,18H,12H2,1-6H3,(H,21,24). The summed E-state index contributed by atoms with van der Waals surface area (Å²) in [5, 5.41) is 2.97. The van der Waals surface area contributed by atoms with Crippen LogP contribution in [0.4, 0.5) is 5.69 Å². The van der Waals surface area contributed by atoms with Crippen LogP contribution < -0.4 is 10.1 Å². The van der Waals surface area contributed by atoms with Crippen LogP contribution in [0.1, 0.15) is 27.7 Å². The maximum Gasteiger partial charge on any atom is 0.259 e. The summed E-state index contributed by atoms with van der Waals surface area (Å²) in [6.07, 6.45) is 2.18. The molecular formula is C20H28N2O3. The van der Waals surface area contributed by atoms with Crippen LogP contribution in [-0.4, -0.2) is 37.4 Å². The summed E-state index contributed by atoms with van der Waals surface area (Å²) in [5.74, 6) is 0.832. The lowest BCUT2D eigenvalue weighted by Crippen LogP contribution is -2.27. The van der Waals surface area contributed by atoms with E-state index in [0.29, 0.717) is 5.75 Å². The minimum absolute atomic E-state index is 0.000642. The maximum atomic E-state index is 12.5. The number of allylic oxidation sites excluding steroid dienone is 2. The van der Waals surface area contributed by atoms with Gasteiger partial charge in [0.1, 0.15) is 5.75 Å². The molecule has 5 nitrogen and oxygen atoms in total. The van der Waals surface area contributed by atoms with Gasteiger partial charge in [0.15, 0.2) is 6.61 Å². The van der Waals surface area contributed by atoms with E-state index in [4.69, 9.17) is 4.74 Å². The van der Waals surface area contributed by atoms with Gasteiger partial charge < -0.3 is 15.0 Å². The third-order valence-electron chi connectivity index (χ3n) is 4.69. The lowest BCUT2D eigenvalue weighted by atomic mass is 10.1. The Kier molecular flexibility index (Phi) is 5.55. The number of hydrogen-bond acceptors (Lipinski definition) is 3. The monoisotopic (exact) mass is 344 g/mol. The van der Waals surface area contributed by atoms with Gasteiger partial charge in [-0.1, -0.05) is 25.5 Å². The number of rotatable bonds is 6. The average Bonchev–Trinajstić information content (AvgIpc) is 3.05. The number of nitrogens with one attached hydrogen (secondary N) is 1. The number of anilines is 1. The highest BCUT2D eigenvalue weighted by Crippen LogP contribution is 2.59. The van der Waals surface area contributed by atoms with Crippen molar-refractivity contribution in [3.8, 4) is 5.75 Å². The molecule has 0 heterocycles. The van der Waals surface area contributed by atoms with Crippen LogP contribution in [0.5, 0.6) is 5.75 Å². The molecule has 1 aromatic rings. The van der Waals surface area contributed by atoms with Gasteiger partial charge in [-0.25, -0.2) is 0 Å². The summed E-state index contributed by atoms with van der Waals surface area (Å²) in [6.45, 7) is 8.37. The summed E-state index contributed by atoms with van der Waals surface area (Å²) in [5.41, 5.74) is 1.97. The molecule has 1 saturated carbocycles. The average molecular weight is 344 g/mol. The minimum atomic E-state index is -0.0985. The van der Waals surface area contributed by atoms with Crippen molar-refractivity contribution in [2.45, 2.75) is 27.7 Å². The molecule has 1 aliphatic carbocycles. The second-order valence-corrected chi connectivity index (χ2v) is 7.66. The van der Waals surface area contributed by atoms with Gasteiger partial charge in [0.25, 0.3) is 5.91 Å². The molecule has 0 aromatic heterocycles. The third-order valence-corrected chi connectivity index (χ3v) is 4.69. The molecule has 1 aliphatic rings. The van der Waals surface area contributed by atoms with Crippen molar-refractivity contribution in [3.63, 3.8) is 0 Å². The molecule has 0 spiro atoms. The normalized spacial score (nSPS) is 20.4. The third kappa shape index (κ3) is 4.62. The first-order valence-corrected chi connectivity index (χ1v) is 8.52. The van der Waals surface area contributed by atoms with Crippen molar-refractivity contribution in [2.24, 2.45) is 17.3 Å². The molecule has 1 fully saturated rings. The summed E-state index contributed by atoms with van der Waals surface area (Å²) in [6, 6.07) is 7.09. The van der Waals surface area contributed by atoms with E-state index in [0.717, 1.165) is 5.69 Å². The molecule has 25 heavy (non-hydrogen) atoms. The predicted octanol–water partition coefficient (Wildman–Crippen LogP) is 3.33. The van der Waals surface area contributed by atoms with Crippen molar-refractivity contribution in [3.05, 3.63) is 35.9 Å². The maximum absolute atomic E-state index is 12.5. The summed E-state index contributed by atoms with van der Waals surface area (Å²) in [4.78, 5) is 25.5. The molecule has 2 unspecified atom stereocenters. The van der Waals surface area contributed by atoms with Crippen LogP contribution in [0.15, 0.2) is 35.9 Å². The Balaban J connectivity index is 1.92. The fourth-order valence-electron chi connectivity index (χ4n) is 2.98. The second kappa shape index (κ2) is 7.30. The van der Waals surface area contributed by atoms with Crippen molar-refractivity contribution < 1.29 is 14.3 Å². The highest BCUT2D eigenvalue weighted by molar-refractivity contribution is 5.95. The van der Waals surface area contributed by atoms with Crippen LogP contribution in [-0.2, 0) is 9.59 Å². The van der Waals surface area contributed by atoms with Crippen molar-refractivity contribution in [1.29, 1.82) is 0 Å². The quantitative estimate of drug-likeness (QED) is 0.805. The molecule has 2 rings (SSSR count). The molecule has 136 valence electrons. The van der Waals surface area contributed by atoms with Gasteiger partial charge in [-0.05, 0) is 49.4 Å². The Bertz CT molecular complexity index is 671. The van der Waals surface area contributed by atoms with E-state index in [1.165, 1.54) is 10.5 Å². The van der Waals surface area contributed by atoms with Crippen molar-refractivity contribution in [1.82, 2.24) is 4.90 Å². The fourth-order valence-corrected chi connectivity index (χ4v) is 2.98. The number of carbonyl (C=O) groups is 2. The molecule has 2 atom stereocenters. The van der Waals surface area contributed by atoms with Crippen molar-refractivity contribution in [2.75, 3.05) is 26.0 Å². The van der Waals surface area contributed by atoms with Crippen LogP contribution in [0.2, 0.25) is 0 Å². The van der Waals surface area contributed by atoms with Gasteiger partial charge in [-0.15, -0.1) is 0 Å². The first kappa shape index (κ1) is 19.0. The lowest BCUT2D eigenvalue weighted by Gasteiger charge is -2.12. The first-order chi connectivity index (χ1) is 11.6. The first-order valence-electron chi connectivity index (χ1n) is 8.52. The van der Waals surface area contributed by atoms with Gasteiger partial charge in [0, 0.05) is 19.8 Å². The van der Waals surface area contributed by atoms with E-state index < -0.39 is 0 Å². The van der Waals surface area contributed by atoms with E-state index in [1.54, 1.807) is 38.4 Å². The van der Waals surface area contributed by atoms with Gasteiger partial charge in [0.2, 0.25) is 5.91 Å². The highest BCUT2D eigenvalue weighted by atomic mass is 16.5. The van der Waals surface area contributed by atoms with Crippen molar-refractivity contribution >= 4 is 17.5 Å². The zero-order valence-corrected chi connectivity index (χ0v) is 15.9. The van der Waals surface area contributed by atoms with Gasteiger partial charge in [-0.2, -0.15) is 0 Å². The topological polar surface area (TPSA) is 58.6 Å². The molecule has 0 radical (unpaired) electrons. The molecule has 2 amide bonds. The Morgan fingerprint density at radius 1 is 1.20 bits per heavy atom. The Labute approximate surface area is 150 Å². The number of amides is 2. The van der Waals surface area contributed by atoms with E-state index in [-0.39, 0.29) is 35.7 Å².